The summed E-state index contributed by atoms with van der Waals surface area (Å²) in [5, 5.41) is 2.98. The predicted octanol–water partition coefficient (Wildman–Crippen LogP) is 1.02. The van der Waals surface area contributed by atoms with Crippen molar-refractivity contribution in [3.05, 3.63) is 0 Å². The summed E-state index contributed by atoms with van der Waals surface area (Å²) in [6, 6.07) is -0.0499. The van der Waals surface area contributed by atoms with E-state index in [0.717, 1.165) is 25.7 Å². The zero-order valence-electron chi connectivity index (χ0n) is 11.7. The number of nitrogens with one attached hydrogen (secondary N) is 1. The summed E-state index contributed by atoms with van der Waals surface area (Å²) in [5.41, 5.74) is 5.45. The van der Waals surface area contributed by atoms with Crippen LogP contribution >= 0.6 is 0 Å². The molecule has 3 N–H and O–H groups in total. The first-order valence-electron chi connectivity index (χ1n) is 6.70. The first-order chi connectivity index (χ1) is 8.39. The van der Waals surface area contributed by atoms with E-state index in [-0.39, 0.29) is 11.9 Å². The molecule has 18 heavy (non-hydrogen) atoms. The average molecular weight is 274 g/mol. The maximum absolute atomic E-state index is 12.4. The summed E-state index contributed by atoms with van der Waals surface area (Å²) < 4.78 is 11.1. The number of carbonyl (C=O) groups is 1. The molecule has 2 unspecified atom stereocenters. The van der Waals surface area contributed by atoms with Crippen molar-refractivity contribution in [2.24, 2.45) is 17.1 Å². The molecule has 0 bridgehead atoms. The molecule has 106 valence electrons. The molecule has 0 aromatic rings. The summed E-state index contributed by atoms with van der Waals surface area (Å²) in [6.45, 7) is 4.53. The number of rotatable bonds is 5. The Labute approximate surface area is 113 Å². The highest BCUT2D eigenvalue weighted by Crippen LogP contribution is 2.38. The fourth-order valence-electron chi connectivity index (χ4n) is 2.61. The Morgan fingerprint density at radius 2 is 2.06 bits per heavy atom. The van der Waals surface area contributed by atoms with Gasteiger partial charge in [-0.3, -0.25) is 9.00 Å². The summed E-state index contributed by atoms with van der Waals surface area (Å²) in [7, 11) is -0.884. The van der Waals surface area contributed by atoms with Crippen molar-refractivity contribution >= 4 is 16.7 Å². The molecule has 0 aromatic heterocycles. The predicted molar refractivity (Wildman–Crippen MR) is 75.7 cm³/mol. The maximum Gasteiger partial charge on any atom is 0.227 e. The first kappa shape index (κ1) is 15.6. The van der Waals surface area contributed by atoms with Gasteiger partial charge in [0.05, 0.1) is 5.41 Å². The minimum absolute atomic E-state index is 0.0499. The number of amides is 1. The van der Waals surface area contributed by atoms with Crippen LogP contribution in [0.4, 0.5) is 0 Å². The summed E-state index contributed by atoms with van der Waals surface area (Å²) in [5.74, 6) is 1.25. The number of hydrogen-bond acceptors (Lipinski definition) is 3. The summed E-state index contributed by atoms with van der Waals surface area (Å²) in [6.07, 6.45) is 5.54. The molecule has 1 rings (SSSR count). The maximum atomic E-state index is 12.4. The van der Waals surface area contributed by atoms with E-state index in [4.69, 9.17) is 5.73 Å². The molecule has 5 heteroatoms. The molecule has 1 aliphatic rings. The van der Waals surface area contributed by atoms with E-state index in [1.54, 1.807) is 6.26 Å². The first-order valence-corrected chi connectivity index (χ1v) is 8.43. The fraction of sp³-hybridized carbons (Fsp3) is 0.923. The third kappa shape index (κ3) is 4.05. The Morgan fingerprint density at radius 1 is 1.50 bits per heavy atom. The largest absolute Gasteiger partial charge is 0.352 e. The number of nitrogens with two attached hydrogens (primary N) is 1. The Bertz CT molecular complexity index is 312. The van der Waals surface area contributed by atoms with Crippen molar-refractivity contribution in [1.82, 2.24) is 5.32 Å². The highest BCUT2D eigenvalue weighted by molar-refractivity contribution is 7.84. The molecule has 1 fully saturated rings. The van der Waals surface area contributed by atoms with E-state index in [1.807, 2.05) is 6.92 Å². The monoisotopic (exact) mass is 274 g/mol. The van der Waals surface area contributed by atoms with Crippen molar-refractivity contribution in [2.45, 2.75) is 45.6 Å². The standard InChI is InChI=1S/C13H26N2O2S/c1-10-4-6-13(9-14,7-5-10)12(16)15-11(2)8-18(3)17/h10-11H,4-9,14H2,1-3H3,(H,15,16). The molecule has 2 atom stereocenters. The SMILES string of the molecule is CC1CCC(CN)(C(=O)NC(C)CS(C)=O)CC1. The van der Waals surface area contributed by atoms with Crippen LogP contribution in [0.25, 0.3) is 0 Å². The minimum Gasteiger partial charge on any atom is -0.352 e. The van der Waals surface area contributed by atoms with Gasteiger partial charge in [0.1, 0.15) is 0 Å². The van der Waals surface area contributed by atoms with Gasteiger partial charge in [0, 0.05) is 35.4 Å². The summed E-state index contributed by atoms with van der Waals surface area (Å²) >= 11 is 0. The molecule has 1 saturated carbocycles. The van der Waals surface area contributed by atoms with Crippen LogP contribution in [0.2, 0.25) is 0 Å². The van der Waals surface area contributed by atoms with Crippen LogP contribution in [0.1, 0.15) is 39.5 Å². The molecule has 0 aliphatic heterocycles. The van der Waals surface area contributed by atoms with E-state index in [1.165, 1.54) is 0 Å². The van der Waals surface area contributed by atoms with Gasteiger partial charge < -0.3 is 11.1 Å². The molecule has 1 aliphatic carbocycles. The Hall–Kier alpha value is -0.420. The van der Waals surface area contributed by atoms with Crippen LogP contribution in [-0.2, 0) is 15.6 Å². The van der Waals surface area contributed by atoms with Gasteiger partial charge in [-0.2, -0.15) is 0 Å². The van der Waals surface area contributed by atoms with Gasteiger partial charge in [-0.05, 0) is 38.5 Å². The van der Waals surface area contributed by atoms with Crippen LogP contribution < -0.4 is 11.1 Å². The van der Waals surface area contributed by atoms with Crippen molar-refractivity contribution in [3.63, 3.8) is 0 Å². The van der Waals surface area contributed by atoms with Gasteiger partial charge >= 0.3 is 0 Å². The van der Waals surface area contributed by atoms with E-state index < -0.39 is 16.2 Å². The van der Waals surface area contributed by atoms with E-state index >= 15 is 0 Å². The highest BCUT2D eigenvalue weighted by atomic mass is 32.2. The van der Waals surface area contributed by atoms with Gasteiger partial charge in [0.2, 0.25) is 5.91 Å². The lowest BCUT2D eigenvalue weighted by Gasteiger charge is -2.37. The molecule has 1 amide bonds. The number of hydrogen-bond donors (Lipinski definition) is 2. The zero-order valence-corrected chi connectivity index (χ0v) is 12.5. The van der Waals surface area contributed by atoms with Crippen molar-refractivity contribution < 1.29 is 9.00 Å². The Morgan fingerprint density at radius 3 is 2.50 bits per heavy atom. The van der Waals surface area contributed by atoms with Crippen molar-refractivity contribution in [3.8, 4) is 0 Å². The molecule has 0 saturated heterocycles. The van der Waals surface area contributed by atoms with Crippen LogP contribution in [0.5, 0.6) is 0 Å². The third-order valence-electron chi connectivity index (χ3n) is 3.97. The van der Waals surface area contributed by atoms with Gasteiger partial charge in [0.25, 0.3) is 0 Å². The van der Waals surface area contributed by atoms with Gasteiger partial charge in [0.15, 0.2) is 0 Å². The van der Waals surface area contributed by atoms with Gasteiger partial charge in [-0.1, -0.05) is 6.92 Å². The average Bonchev–Trinajstić information content (AvgIpc) is 2.29. The van der Waals surface area contributed by atoms with Crippen molar-refractivity contribution in [1.29, 1.82) is 0 Å². The quantitative estimate of drug-likeness (QED) is 0.786. The molecule has 4 nitrogen and oxygen atoms in total. The highest BCUT2D eigenvalue weighted by Gasteiger charge is 2.40. The second-order valence-corrected chi connectivity index (χ2v) is 7.26. The molecule has 0 spiro atoms. The molecular formula is C13H26N2O2S. The third-order valence-corrected chi connectivity index (χ3v) is 4.94. The Balaban J connectivity index is 2.59. The Kier molecular flexibility index (Phi) is 5.79. The summed E-state index contributed by atoms with van der Waals surface area (Å²) in [4.78, 5) is 12.4. The molecular weight excluding hydrogens is 248 g/mol. The van der Waals surface area contributed by atoms with Crippen LogP contribution in [0.15, 0.2) is 0 Å². The second kappa shape index (κ2) is 6.66. The lowest BCUT2D eigenvalue weighted by atomic mass is 9.70. The number of carbonyl (C=O) groups excluding carboxylic acids is 1. The molecule has 0 radical (unpaired) electrons. The second-order valence-electron chi connectivity index (χ2n) is 5.78. The van der Waals surface area contributed by atoms with Crippen LogP contribution in [0.3, 0.4) is 0 Å². The molecule has 0 aromatic carbocycles. The minimum atomic E-state index is -0.884. The lowest BCUT2D eigenvalue weighted by molar-refractivity contribution is -0.133. The normalized spacial score (nSPS) is 31.7. The zero-order chi connectivity index (χ0) is 13.8. The van der Waals surface area contributed by atoms with Crippen molar-refractivity contribution in [2.75, 3.05) is 18.6 Å². The van der Waals surface area contributed by atoms with E-state index in [0.29, 0.717) is 18.2 Å². The van der Waals surface area contributed by atoms with E-state index in [9.17, 15) is 9.00 Å². The fourth-order valence-corrected chi connectivity index (χ4v) is 3.40. The molecule has 0 heterocycles. The van der Waals surface area contributed by atoms with E-state index in [2.05, 4.69) is 12.2 Å². The smallest absolute Gasteiger partial charge is 0.227 e. The van der Waals surface area contributed by atoms with Crippen LogP contribution in [-0.4, -0.2) is 34.7 Å². The van der Waals surface area contributed by atoms with Crippen LogP contribution in [0, 0.1) is 11.3 Å². The lowest BCUT2D eigenvalue weighted by Crippen LogP contribution is -2.51. The van der Waals surface area contributed by atoms with Gasteiger partial charge in [-0.15, -0.1) is 0 Å². The van der Waals surface area contributed by atoms with Gasteiger partial charge in [-0.25, -0.2) is 0 Å². The topological polar surface area (TPSA) is 72.2 Å².